The predicted octanol–water partition coefficient (Wildman–Crippen LogP) is 2.43. The lowest BCUT2D eigenvalue weighted by atomic mass is 10.1. The minimum atomic E-state index is 0.0564. The van der Waals surface area contributed by atoms with E-state index in [2.05, 4.69) is 30.9 Å². The summed E-state index contributed by atoms with van der Waals surface area (Å²) in [6.07, 6.45) is 0.0564. The smallest absolute Gasteiger partial charge is 0.136 e. The molecule has 1 saturated heterocycles. The van der Waals surface area contributed by atoms with Crippen LogP contribution in [0.4, 0.5) is 0 Å². The highest BCUT2D eigenvalue weighted by Crippen LogP contribution is 2.40. The van der Waals surface area contributed by atoms with Gasteiger partial charge in [0, 0.05) is 19.2 Å². The summed E-state index contributed by atoms with van der Waals surface area (Å²) in [5.74, 6) is 0.878. The number of hydrogen-bond acceptors (Lipinski definition) is 3. The van der Waals surface area contributed by atoms with E-state index in [0.717, 1.165) is 12.3 Å². The zero-order chi connectivity index (χ0) is 11.8. The van der Waals surface area contributed by atoms with Gasteiger partial charge in [-0.3, -0.25) is 4.90 Å². The Balaban J connectivity index is 2.15. The molecule has 1 fully saturated rings. The molecule has 0 aromatic heterocycles. The molecule has 0 saturated carbocycles. The van der Waals surface area contributed by atoms with Gasteiger partial charge < -0.3 is 9.47 Å². The molecular weight excluding hydrogens is 202 g/mol. The van der Waals surface area contributed by atoms with E-state index in [1.165, 1.54) is 5.56 Å². The minimum absolute atomic E-state index is 0.0564. The monoisotopic (exact) mass is 221 g/mol. The highest BCUT2D eigenvalue weighted by Gasteiger charge is 2.47. The lowest BCUT2D eigenvalue weighted by Crippen LogP contribution is -2.18. The summed E-state index contributed by atoms with van der Waals surface area (Å²) in [7, 11) is 3.43. The average Bonchev–Trinajstić information content (AvgIpc) is 2.90. The fraction of sp³-hybridized carbons (Fsp3) is 0.538. The Morgan fingerprint density at radius 1 is 1.19 bits per heavy atom. The summed E-state index contributed by atoms with van der Waals surface area (Å²) in [6.45, 7) is 5.53. The van der Waals surface area contributed by atoms with Gasteiger partial charge in [-0.2, -0.15) is 0 Å². The fourth-order valence-electron chi connectivity index (χ4n) is 1.99. The van der Waals surface area contributed by atoms with Gasteiger partial charge in [0.2, 0.25) is 0 Å². The quantitative estimate of drug-likeness (QED) is 0.729. The first-order chi connectivity index (χ1) is 7.58. The average molecular weight is 221 g/mol. The van der Waals surface area contributed by atoms with Gasteiger partial charge in [0.25, 0.3) is 0 Å². The van der Waals surface area contributed by atoms with Crippen molar-refractivity contribution in [2.75, 3.05) is 20.8 Å². The number of benzene rings is 1. The standard InChI is InChI=1S/C13H19NO2/c1-13(2)9-14(13)12(16-4)10-5-7-11(15-3)8-6-10/h5-8,12H,9H2,1-4H3. The zero-order valence-corrected chi connectivity index (χ0v) is 10.4. The molecule has 0 amide bonds. The number of rotatable bonds is 4. The molecule has 3 heteroatoms. The van der Waals surface area contributed by atoms with E-state index in [4.69, 9.17) is 9.47 Å². The summed E-state index contributed by atoms with van der Waals surface area (Å²) in [6, 6.07) is 8.05. The molecule has 0 N–H and O–H groups in total. The molecule has 16 heavy (non-hydrogen) atoms. The van der Waals surface area contributed by atoms with Crippen LogP contribution in [0.3, 0.4) is 0 Å². The van der Waals surface area contributed by atoms with E-state index in [9.17, 15) is 0 Å². The number of methoxy groups -OCH3 is 2. The van der Waals surface area contributed by atoms with Crippen LogP contribution in [0.1, 0.15) is 25.6 Å². The van der Waals surface area contributed by atoms with Gasteiger partial charge in [-0.1, -0.05) is 12.1 Å². The molecule has 0 bridgehead atoms. The first kappa shape index (κ1) is 11.4. The molecule has 1 heterocycles. The van der Waals surface area contributed by atoms with Crippen molar-refractivity contribution in [3.8, 4) is 5.75 Å². The lowest BCUT2D eigenvalue weighted by Gasteiger charge is -2.20. The molecule has 2 atom stereocenters. The topological polar surface area (TPSA) is 21.5 Å². The molecule has 1 aromatic carbocycles. The van der Waals surface area contributed by atoms with E-state index in [1.54, 1.807) is 14.2 Å². The van der Waals surface area contributed by atoms with Crippen LogP contribution in [0.5, 0.6) is 5.75 Å². The van der Waals surface area contributed by atoms with E-state index >= 15 is 0 Å². The zero-order valence-electron chi connectivity index (χ0n) is 10.4. The van der Waals surface area contributed by atoms with Crippen molar-refractivity contribution in [2.45, 2.75) is 25.6 Å². The van der Waals surface area contributed by atoms with Crippen molar-refractivity contribution in [1.82, 2.24) is 4.90 Å². The lowest BCUT2D eigenvalue weighted by molar-refractivity contribution is 0.0129. The maximum Gasteiger partial charge on any atom is 0.136 e. The van der Waals surface area contributed by atoms with Crippen LogP contribution in [-0.2, 0) is 4.74 Å². The largest absolute Gasteiger partial charge is 0.497 e. The maximum atomic E-state index is 5.55. The highest BCUT2D eigenvalue weighted by molar-refractivity contribution is 5.29. The van der Waals surface area contributed by atoms with Crippen LogP contribution >= 0.6 is 0 Å². The van der Waals surface area contributed by atoms with Crippen molar-refractivity contribution < 1.29 is 9.47 Å². The highest BCUT2D eigenvalue weighted by atomic mass is 16.5. The van der Waals surface area contributed by atoms with Crippen molar-refractivity contribution in [2.24, 2.45) is 0 Å². The van der Waals surface area contributed by atoms with Gasteiger partial charge in [0.15, 0.2) is 0 Å². The molecular formula is C13H19NO2. The molecule has 1 aliphatic rings. The Morgan fingerprint density at radius 3 is 2.12 bits per heavy atom. The second kappa shape index (κ2) is 4.07. The maximum absolute atomic E-state index is 5.55. The van der Waals surface area contributed by atoms with Gasteiger partial charge in [-0.25, -0.2) is 0 Å². The fourth-order valence-corrected chi connectivity index (χ4v) is 1.99. The molecule has 0 radical (unpaired) electrons. The minimum Gasteiger partial charge on any atom is -0.497 e. The summed E-state index contributed by atoms with van der Waals surface area (Å²) in [5.41, 5.74) is 1.44. The first-order valence-corrected chi connectivity index (χ1v) is 5.52. The van der Waals surface area contributed by atoms with E-state index in [1.807, 2.05) is 12.1 Å². The first-order valence-electron chi connectivity index (χ1n) is 5.52. The van der Waals surface area contributed by atoms with Crippen LogP contribution in [0, 0.1) is 0 Å². The summed E-state index contributed by atoms with van der Waals surface area (Å²) < 4.78 is 10.7. The number of hydrogen-bond donors (Lipinski definition) is 0. The van der Waals surface area contributed by atoms with Crippen LogP contribution in [0.25, 0.3) is 0 Å². The molecule has 0 aliphatic carbocycles. The molecule has 1 aliphatic heterocycles. The predicted molar refractivity (Wildman–Crippen MR) is 63.5 cm³/mol. The normalized spacial score (nSPS) is 23.9. The van der Waals surface area contributed by atoms with Crippen LogP contribution < -0.4 is 4.74 Å². The summed E-state index contributed by atoms with van der Waals surface area (Å²) in [5, 5.41) is 0. The van der Waals surface area contributed by atoms with Crippen LogP contribution in [0.2, 0.25) is 0 Å². The van der Waals surface area contributed by atoms with Crippen molar-refractivity contribution in [3.05, 3.63) is 29.8 Å². The Labute approximate surface area is 97.0 Å². The van der Waals surface area contributed by atoms with Gasteiger partial charge in [-0.05, 0) is 31.5 Å². The van der Waals surface area contributed by atoms with Gasteiger partial charge in [-0.15, -0.1) is 0 Å². The third-order valence-corrected chi connectivity index (χ3v) is 3.14. The molecule has 88 valence electrons. The number of ether oxygens (including phenoxy) is 2. The molecule has 0 spiro atoms. The van der Waals surface area contributed by atoms with Crippen LogP contribution in [0.15, 0.2) is 24.3 Å². The van der Waals surface area contributed by atoms with Crippen LogP contribution in [-0.4, -0.2) is 31.2 Å². The molecule has 1 aromatic rings. The SMILES string of the molecule is COc1ccc(C(OC)N2CC2(C)C)cc1. The Bertz CT molecular complexity index is 359. The van der Waals surface area contributed by atoms with E-state index in [0.29, 0.717) is 0 Å². The van der Waals surface area contributed by atoms with E-state index < -0.39 is 0 Å². The molecule has 3 nitrogen and oxygen atoms in total. The Hall–Kier alpha value is -1.06. The molecule has 2 rings (SSSR count). The van der Waals surface area contributed by atoms with Gasteiger partial charge >= 0.3 is 0 Å². The Morgan fingerprint density at radius 2 is 1.75 bits per heavy atom. The molecule has 2 unspecified atom stereocenters. The van der Waals surface area contributed by atoms with Crippen molar-refractivity contribution in [1.29, 1.82) is 0 Å². The summed E-state index contributed by atoms with van der Waals surface area (Å²) in [4.78, 5) is 2.33. The van der Waals surface area contributed by atoms with Gasteiger partial charge in [0.1, 0.15) is 12.0 Å². The van der Waals surface area contributed by atoms with Crippen molar-refractivity contribution in [3.63, 3.8) is 0 Å². The second-order valence-corrected chi connectivity index (χ2v) is 4.80. The second-order valence-electron chi connectivity index (χ2n) is 4.80. The van der Waals surface area contributed by atoms with Crippen molar-refractivity contribution >= 4 is 0 Å². The third-order valence-electron chi connectivity index (χ3n) is 3.14. The van der Waals surface area contributed by atoms with Gasteiger partial charge in [0.05, 0.1) is 7.11 Å². The third kappa shape index (κ3) is 2.06. The van der Waals surface area contributed by atoms with E-state index in [-0.39, 0.29) is 11.8 Å². The summed E-state index contributed by atoms with van der Waals surface area (Å²) >= 11 is 0. The Kier molecular flexibility index (Phi) is 2.91. The number of nitrogens with zero attached hydrogens (tertiary/aromatic N) is 1.